The molecule has 1 saturated heterocycles. The molecule has 1 atom stereocenters. The van der Waals surface area contributed by atoms with Crippen LogP contribution in [0.25, 0.3) is 0 Å². The van der Waals surface area contributed by atoms with Gasteiger partial charge in [-0.15, -0.1) is 0 Å². The van der Waals surface area contributed by atoms with Gasteiger partial charge in [0.05, 0.1) is 19.1 Å². The summed E-state index contributed by atoms with van der Waals surface area (Å²) in [7, 11) is 2.07. The Bertz CT molecular complexity index is 705. The number of nitrogens with zero attached hydrogens (tertiary/aromatic N) is 1. The number of para-hydroxylation sites is 1. The molecule has 0 saturated carbocycles. The van der Waals surface area contributed by atoms with Gasteiger partial charge in [0.2, 0.25) is 5.91 Å². The lowest BCUT2D eigenvalue weighted by Gasteiger charge is -2.30. The molecule has 1 unspecified atom stereocenters. The molecule has 26 heavy (non-hydrogen) atoms. The van der Waals surface area contributed by atoms with Crippen molar-refractivity contribution in [1.82, 2.24) is 10.2 Å². The van der Waals surface area contributed by atoms with Gasteiger partial charge in [-0.05, 0) is 18.7 Å². The van der Waals surface area contributed by atoms with Crippen molar-refractivity contribution >= 4 is 5.91 Å². The first-order chi connectivity index (χ1) is 12.7. The summed E-state index contributed by atoms with van der Waals surface area (Å²) in [6, 6.07) is 17.7. The molecule has 2 aromatic carbocycles. The lowest BCUT2D eigenvalue weighted by molar-refractivity contribution is -0.121. The molecule has 0 bridgehead atoms. The topological polar surface area (TPSA) is 50.8 Å². The molecular formula is C21H26N2O3. The summed E-state index contributed by atoms with van der Waals surface area (Å²) < 4.78 is 11.6. The maximum atomic E-state index is 12.3. The van der Waals surface area contributed by atoms with Gasteiger partial charge >= 0.3 is 0 Å². The number of amides is 1. The van der Waals surface area contributed by atoms with Crippen molar-refractivity contribution in [2.45, 2.75) is 19.1 Å². The fourth-order valence-electron chi connectivity index (χ4n) is 2.98. The molecule has 1 aliphatic rings. The third kappa shape index (κ3) is 5.58. The molecule has 0 aliphatic carbocycles. The maximum absolute atomic E-state index is 12.3. The standard InChI is InChI=1S/C21H26N2O3/c1-23-11-12-25-19(15-23)14-22-21(24)13-18-9-5-6-10-20(18)26-16-17-7-3-2-4-8-17/h2-10,19H,11-16H2,1H3,(H,22,24). The molecule has 1 amide bonds. The number of ether oxygens (including phenoxy) is 2. The van der Waals surface area contributed by atoms with E-state index >= 15 is 0 Å². The number of hydrogen-bond acceptors (Lipinski definition) is 4. The van der Waals surface area contributed by atoms with Gasteiger partial charge in [0.25, 0.3) is 0 Å². The van der Waals surface area contributed by atoms with Crippen LogP contribution in [0.15, 0.2) is 54.6 Å². The fourth-order valence-corrected chi connectivity index (χ4v) is 2.98. The zero-order valence-electron chi connectivity index (χ0n) is 15.2. The highest BCUT2D eigenvalue weighted by Gasteiger charge is 2.18. The summed E-state index contributed by atoms with van der Waals surface area (Å²) in [5, 5.41) is 2.98. The van der Waals surface area contributed by atoms with Crippen LogP contribution in [0.1, 0.15) is 11.1 Å². The average molecular weight is 354 g/mol. The summed E-state index contributed by atoms with van der Waals surface area (Å²) in [5.74, 6) is 0.734. The van der Waals surface area contributed by atoms with E-state index in [1.165, 1.54) is 0 Å². The molecule has 0 radical (unpaired) electrons. The summed E-state index contributed by atoms with van der Waals surface area (Å²) in [6.45, 7) is 3.53. The van der Waals surface area contributed by atoms with Gasteiger partial charge in [-0.3, -0.25) is 4.79 Å². The predicted octanol–water partition coefficient (Wildman–Crippen LogP) is 2.25. The number of benzene rings is 2. The van der Waals surface area contributed by atoms with Gasteiger partial charge in [-0.25, -0.2) is 0 Å². The van der Waals surface area contributed by atoms with Gasteiger partial charge in [0.1, 0.15) is 12.4 Å². The third-order valence-corrected chi connectivity index (χ3v) is 4.43. The molecule has 3 rings (SSSR count). The molecule has 138 valence electrons. The van der Waals surface area contributed by atoms with Crippen molar-refractivity contribution in [3.05, 3.63) is 65.7 Å². The van der Waals surface area contributed by atoms with E-state index in [2.05, 4.69) is 17.3 Å². The fraction of sp³-hybridized carbons (Fsp3) is 0.381. The zero-order chi connectivity index (χ0) is 18.2. The monoisotopic (exact) mass is 354 g/mol. The van der Waals surface area contributed by atoms with Gasteiger partial charge in [-0.2, -0.15) is 0 Å². The predicted molar refractivity (Wildman–Crippen MR) is 101 cm³/mol. The van der Waals surface area contributed by atoms with E-state index < -0.39 is 0 Å². The van der Waals surface area contributed by atoms with Crippen LogP contribution < -0.4 is 10.1 Å². The highest BCUT2D eigenvalue weighted by molar-refractivity contribution is 5.79. The van der Waals surface area contributed by atoms with E-state index in [1.807, 2.05) is 54.6 Å². The lowest BCUT2D eigenvalue weighted by atomic mass is 10.1. The Balaban J connectivity index is 1.51. The highest BCUT2D eigenvalue weighted by atomic mass is 16.5. The first-order valence-electron chi connectivity index (χ1n) is 9.02. The number of morpholine rings is 1. The van der Waals surface area contributed by atoms with Crippen LogP contribution in [0.5, 0.6) is 5.75 Å². The normalized spacial score (nSPS) is 17.7. The van der Waals surface area contributed by atoms with E-state index in [9.17, 15) is 4.79 Å². The van der Waals surface area contributed by atoms with E-state index in [1.54, 1.807) is 0 Å². The van der Waals surface area contributed by atoms with Gasteiger partial charge in [-0.1, -0.05) is 48.5 Å². The van der Waals surface area contributed by atoms with E-state index in [0.29, 0.717) is 26.2 Å². The summed E-state index contributed by atoms with van der Waals surface area (Å²) in [4.78, 5) is 14.5. The van der Waals surface area contributed by atoms with E-state index in [0.717, 1.165) is 30.0 Å². The van der Waals surface area contributed by atoms with Crippen molar-refractivity contribution in [3.63, 3.8) is 0 Å². The van der Waals surface area contributed by atoms with Crippen molar-refractivity contribution < 1.29 is 14.3 Å². The van der Waals surface area contributed by atoms with Crippen LogP contribution >= 0.6 is 0 Å². The minimum absolute atomic E-state index is 0.0161. The maximum Gasteiger partial charge on any atom is 0.224 e. The van der Waals surface area contributed by atoms with Gasteiger partial charge in [0, 0.05) is 25.2 Å². The molecule has 1 aliphatic heterocycles. The first-order valence-corrected chi connectivity index (χ1v) is 9.02. The SMILES string of the molecule is CN1CCOC(CNC(=O)Cc2ccccc2OCc2ccccc2)C1. The Hall–Kier alpha value is -2.37. The molecule has 5 nitrogen and oxygen atoms in total. The summed E-state index contributed by atoms with van der Waals surface area (Å²) in [6.07, 6.45) is 0.357. The largest absolute Gasteiger partial charge is 0.489 e. The third-order valence-electron chi connectivity index (χ3n) is 4.43. The van der Waals surface area contributed by atoms with Crippen LogP contribution in [0.4, 0.5) is 0 Å². The summed E-state index contributed by atoms with van der Waals surface area (Å²) >= 11 is 0. The van der Waals surface area contributed by atoms with E-state index in [4.69, 9.17) is 9.47 Å². The lowest BCUT2D eigenvalue weighted by Crippen LogP contribution is -2.46. The molecule has 0 aromatic heterocycles. The number of carbonyl (C=O) groups is 1. The minimum atomic E-state index is -0.0161. The Morgan fingerprint density at radius 3 is 2.77 bits per heavy atom. The second-order valence-electron chi connectivity index (χ2n) is 6.62. The van der Waals surface area contributed by atoms with Crippen LogP contribution in [-0.2, 0) is 22.6 Å². The first kappa shape index (κ1) is 18.4. The molecule has 1 N–H and O–H groups in total. The van der Waals surface area contributed by atoms with Gasteiger partial charge in [0.15, 0.2) is 0 Å². The number of rotatable bonds is 7. The zero-order valence-corrected chi connectivity index (χ0v) is 15.2. The van der Waals surface area contributed by atoms with Gasteiger partial charge < -0.3 is 19.7 Å². The number of likely N-dealkylation sites (N-methyl/N-ethyl adjacent to an activating group) is 1. The van der Waals surface area contributed by atoms with Crippen molar-refractivity contribution in [3.8, 4) is 5.75 Å². The number of nitrogens with one attached hydrogen (secondary N) is 1. The molecule has 5 heteroatoms. The van der Waals surface area contributed by atoms with Crippen LogP contribution in [-0.4, -0.2) is 50.2 Å². The second-order valence-corrected chi connectivity index (χ2v) is 6.62. The Morgan fingerprint density at radius 2 is 1.96 bits per heavy atom. The molecule has 1 heterocycles. The Morgan fingerprint density at radius 1 is 1.19 bits per heavy atom. The van der Waals surface area contributed by atoms with Crippen molar-refractivity contribution in [2.75, 3.05) is 33.3 Å². The van der Waals surface area contributed by atoms with E-state index in [-0.39, 0.29) is 12.0 Å². The Kier molecular flexibility index (Phi) is 6.63. The molecule has 0 spiro atoms. The molecular weight excluding hydrogens is 328 g/mol. The second kappa shape index (κ2) is 9.36. The smallest absolute Gasteiger partial charge is 0.224 e. The van der Waals surface area contributed by atoms with Crippen LogP contribution in [0.2, 0.25) is 0 Å². The summed E-state index contributed by atoms with van der Waals surface area (Å²) in [5.41, 5.74) is 1.99. The van der Waals surface area contributed by atoms with Crippen LogP contribution in [0, 0.1) is 0 Å². The van der Waals surface area contributed by atoms with Crippen LogP contribution in [0.3, 0.4) is 0 Å². The minimum Gasteiger partial charge on any atom is -0.489 e. The highest BCUT2D eigenvalue weighted by Crippen LogP contribution is 2.20. The Labute approximate surface area is 154 Å². The number of carbonyl (C=O) groups excluding carboxylic acids is 1. The average Bonchev–Trinajstić information content (AvgIpc) is 2.67. The molecule has 1 fully saturated rings. The van der Waals surface area contributed by atoms with Crippen molar-refractivity contribution in [1.29, 1.82) is 0 Å². The van der Waals surface area contributed by atoms with Crippen molar-refractivity contribution in [2.24, 2.45) is 0 Å². The quantitative estimate of drug-likeness (QED) is 0.829. The molecule has 2 aromatic rings. The number of hydrogen-bond donors (Lipinski definition) is 1.